The Labute approximate surface area is 114 Å². The lowest BCUT2D eigenvalue weighted by Crippen LogP contribution is -2.03. The highest BCUT2D eigenvalue weighted by Gasteiger charge is 2.13. The fourth-order valence-electron chi connectivity index (χ4n) is 1.56. The predicted molar refractivity (Wildman–Crippen MR) is 71.9 cm³/mol. The molecule has 5 heteroatoms. The van der Waals surface area contributed by atoms with Crippen molar-refractivity contribution in [2.75, 3.05) is 7.05 Å². The second-order valence-corrected chi connectivity index (χ2v) is 4.79. The maximum absolute atomic E-state index is 6.11. The Bertz CT molecular complexity index is 513. The van der Waals surface area contributed by atoms with Gasteiger partial charge >= 0.3 is 0 Å². The molecule has 1 aromatic carbocycles. The molecule has 0 unspecified atom stereocenters. The summed E-state index contributed by atoms with van der Waals surface area (Å²) in [4.78, 5) is 0. The van der Waals surface area contributed by atoms with E-state index in [1.807, 2.05) is 19.2 Å². The van der Waals surface area contributed by atoms with Gasteiger partial charge in [0.1, 0.15) is 11.5 Å². The quantitative estimate of drug-likeness (QED) is 0.892. The van der Waals surface area contributed by atoms with Gasteiger partial charge in [-0.25, -0.2) is 0 Å². The summed E-state index contributed by atoms with van der Waals surface area (Å²) in [5.41, 5.74) is 0.667. The van der Waals surface area contributed by atoms with Crippen LogP contribution in [-0.2, 0) is 6.54 Å². The van der Waals surface area contributed by atoms with E-state index in [0.717, 1.165) is 5.76 Å². The van der Waals surface area contributed by atoms with Crippen LogP contribution in [0.2, 0.25) is 15.1 Å². The Hall–Kier alpha value is -0.670. The van der Waals surface area contributed by atoms with Crippen molar-refractivity contribution in [3.63, 3.8) is 0 Å². The first-order valence-corrected chi connectivity index (χ1v) is 6.13. The third-order valence-electron chi connectivity index (χ3n) is 2.27. The molecule has 1 heterocycles. The van der Waals surface area contributed by atoms with Gasteiger partial charge in [0.05, 0.1) is 22.2 Å². The number of hydrogen-bond donors (Lipinski definition) is 1. The number of furan rings is 1. The summed E-state index contributed by atoms with van der Waals surface area (Å²) in [6, 6.07) is 7.01. The topological polar surface area (TPSA) is 25.2 Å². The van der Waals surface area contributed by atoms with Crippen molar-refractivity contribution in [2.45, 2.75) is 6.54 Å². The van der Waals surface area contributed by atoms with Crippen LogP contribution < -0.4 is 5.32 Å². The molecule has 0 bridgehead atoms. The highest BCUT2D eigenvalue weighted by atomic mass is 35.5. The van der Waals surface area contributed by atoms with Crippen molar-refractivity contribution in [1.82, 2.24) is 5.32 Å². The Morgan fingerprint density at radius 3 is 2.35 bits per heavy atom. The second kappa shape index (κ2) is 5.32. The first-order chi connectivity index (χ1) is 8.11. The van der Waals surface area contributed by atoms with Crippen LogP contribution in [0.15, 0.2) is 28.7 Å². The Morgan fingerprint density at radius 1 is 1.12 bits per heavy atom. The van der Waals surface area contributed by atoms with E-state index in [1.54, 1.807) is 12.1 Å². The zero-order chi connectivity index (χ0) is 12.4. The van der Waals surface area contributed by atoms with E-state index >= 15 is 0 Å². The van der Waals surface area contributed by atoms with Crippen LogP contribution in [0.3, 0.4) is 0 Å². The lowest BCUT2D eigenvalue weighted by Gasteiger charge is -2.04. The summed E-state index contributed by atoms with van der Waals surface area (Å²) in [7, 11) is 1.85. The number of nitrogens with one attached hydrogen (secondary N) is 1. The first kappa shape index (κ1) is 12.8. The molecular weight excluding hydrogens is 280 g/mol. The molecule has 2 nitrogen and oxygen atoms in total. The van der Waals surface area contributed by atoms with Gasteiger partial charge < -0.3 is 9.73 Å². The minimum atomic E-state index is 0.479. The maximum Gasteiger partial charge on any atom is 0.137 e. The molecule has 2 rings (SSSR count). The SMILES string of the molecule is CNCc1ccc(-c2c(Cl)cc(Cl)cc2Cl)o1. The maximum atomic E-state index is 6.11. The molecule has 0 aliphatic rings. The van der Waals surface area contributed by atoms with E-state index in [2.05, 4.69) is 5.32 Å². The molecule has 0 saturated heterocycles. The molecule has 0 spiro atoms. The molecule has 0 saturated carbocycles. The van der Waals surface area contributed by atoms with Crippen LogP contribution in [0.5, 0.6) is 0 Å². The van der Waals surface area contributed by atoms with Gasteiger partial charge in [-0.3, -0.25) is 0 Å². The van der Waals surface area contributed by atoms with Crippen LogP contribution >= 0.6 is 34.8 Å². The summed E-state index contributed by atoms with van der Waals surface area (Å²) in [5, 5.41) is 4.47. The normalized spacial score (nSPS) is 10.8. The van der Waals surface area contributed by atoms with E-state index in [9.17, 15) is 0 Å². The second-order valence-electron chi connectivity index (χ2n) is 3.54. The molecule has 1 aromatic heterocycles. The van der Waals surface area contributed by atoms with Crippen molar-refractivity contribution < 1.29 is 4.42 Å². The van der Waals surface area contributed by atoms with E-state index in [1.165, 1.54) is 0 Å². The highest BCUT2D eigenvalue weighted by Crippen LogP contribution is 2.37. The first-order valence-electron chi connectivity index (χ1n) is 5.00. The molecule has 0 amide bonds. The van der Waals surface area contributed by atoms with E-state index < -0.39 is 0 Å². The minimum absolute atomic E-state index is 0.479. The van der Waals surface area contributed by atoms with Crippen molar-refractivity contribution in [3.8, 4) is 11.3 Å². The van der Waals surface area contributed by atoms with Gasteiger partial charge in [0.2, 0.25) is 0 Å². The lowest BCUT2D eigenvalue weighted by atomic mass is 10.2. The molecule has 0 aliphatic carbocycles. The van der Waals surface area contributed by atoms with Crippen molar-refractivity contribution in [2.24, 2.45) is 0 Å². The van der Waals surface area contributed by atoms with Gasteiger partial charge in [-0.2, -0.15) is 0 Å². The zero-order valence-electron chi connectivity index (χ0n) is 9.06. The molecule has 0 atom stereocenters. The Kier molecular flexibility index (Phi) is 4.00. The van der Waals surface area contributed by atoms with Crippen LogP contribution in [0.4, 0.5) is 0 Å². The van der Waals surface area contributed by atoms with Crippen molar-refractivity contribution in [3.05, 3.63) is 45.1 Å². The number of rotatable bonds is 3. The van der Waals surface area contributed by atoms with Crippen LogP contribution in [0, 0.1) is 0 Å². The standard InChI is InChI=1S/C12H10Cl3NO/c1-16-6-8-2-3-11(17-8)12-9(14)4-7(13)5-10(12)15/h2-5,16H,6H2,1H3. The van der Waals surface area contributed by atoms with Gasteiger partial charge in [0.25, 0.3) is 0 Å². The van der Waals surface area contributed by atoms with Gasteiger partial charge in [-0.1, -0.05) is 34.8 Å². The zero-order valence-corrected chi connectivity index (χ0v) is 11.3. The number of halogens is 3. The number of hydrogen-bond acceptors (Lipinski definition) is 2. The van der Waals surface area contributed by atoms with Crippen LogP contribution in [-0.4, -0.2) is 7.05 Å². The average molecular weight is 291 g/mol. The Morgan fingerprint density at radius 2 is 1.76 bits per heavy atom. The summed E-state index contributed by atoms with van der Waals surface area (Å²) >= 11 is 18.1. The molecule has 0 aliphatic heterocycles. The summed E-state index contributed by atoms with van der Waals surface area (Å²) in [6.07, 6.45) is 0. The van der Waals surface area contributed by atoms with Crippen molar-refractivity contribution >= 4 is 34.8 Å². The fourth-order valence-corrected chi connectivity index (χ4v) is 2.56. The summed E-state index contributed by atoms with van der Waals surface area (Å²) < 4.78 is 5.64. The summed E-state index contributed by atoms with van der Waals surface area (Å²) in [6.45, 7) is 0.656. The van der Waals surface area contributed by atoms with E-state index in [-0.39, 0.29) is 0 Å². The van der Waals surface area contributed by atoms with E-state index in [4.69, 9.17) is 39.2 Å². The summed E-state index contributed by atoms with van der Waals surface area (Å²) in [5.74, 6) is 1.46. The number of benzene rings is 1. The molecule has 0 fully saturated rings. The van der Waals surface area contributed by atoms with Crippen LogP contribution in [0.1, 0.15) is 5.76 Å². The van der Waals surface area contributed by atoms with Gasteiger partial charge in [0.15, 0.2) is 0 Å². The van der Waals surface area contributed by atoms with Crippen molar-refractivity contribution in [1.29, 1.82) is 0 Å². The highest BCUT2D eigenvalue weighted by molar-refractivity contribution is 6.41. The third-order valence-corrected chi connectivity index (χ3v) is 3.08. The largest absolute Gasteiger partial charge is 0.460 e. The third kappa shape index (κ3) is 2.78. The predicted octanol–water partition coefficient (Wildman–Crippen LogP) is 4.63. The van der Waals surface area contributed by atoms with Gasteiger partial charge in [-0.15, -0.1) is 0 Å². The average Bonchev–Trinajstić information content (AvgIpc) is 2.65. The molecular formula is C12H10Cl3NO. The molecule has 90 valence electrons. The monoisotopic (exact) mass is 289 g/mol. The van der Waals surface area contributed by atoms with Gasteiger partial charge in [0, 0.05) is 5.02 Å². The fraction of sp³-hybridized carbons (Fsp3) is 0.167. The Balaban J connectivity index is 2.45. The molecule has 2 aromatic rings. The van der Waals surface area contributed by atoms with Gasteiger partial charge in [-0.05, 0) is 31.3 Å². The molecule has 17 heavy (non-hydrogen) atoms. The van der Waals surface area contributed by atoms with Crippen LogP contribution in [0.25, 0.3) is 11.3 Å². The molecule has 1 N–H and O–H groups in total. The van der Waals surface area contributed by atoms with E-state index in [0.29, 0.717) is 32.9 Å². The lowest BCUT2D eigenvalue weighted by molar-refractivity contribution is 0.507. The molecule has 0 radical (unpaired) electrons. The smallest absolute Gasteiger partial charge is 0.137 e. The minimum Gasteiger partial charge on any atom is -0.460 e.